The van der Waals surface area contributed by atoms with Crippen molar-refractivity contribution in [3.8, 4) is 0 Å². The van der Waals surface area contributed by atoms with Crippen LogP contribution in [0.4, 0.5) is 5.69 Å². The predicted molar refractivity (Wildman–Crippen MR) is 105 cm³/mol. The van der Waals surface area contributed by atoms with Gasteiger partial charge in [-0.3, -0.25) is 0 Å². The van der Waals surface area contributed by atoms with Gasteiger partial charge in [-0.2, -0.15) is 4.72 Å². The Balaban J connectivity index is 1.70. The number of fused-ring (bicyclic) bond motifs is 1. The van der Waals surface area contributed by atoms with E-state index in [0.717, 1.165) is 25.7 Å². The van der Waals surface area contributed by atoms with Gasteiger partial charge in [-0.25, -0.2) is 16.8 Å². The lowest BCUT2D eigenvalue weighted by Crippen LogP contribution is -2.49. The minimum absolute atomic E-state index is 0.00300. The molecule has 0 aromatic heterocycles. The molecule has 1 saturated heterocycles. The number of sulfone groups is 1. The van der Waals surface area contributed by atoms with Crippen LogP contribution < -0.4 is 15.4 Å². The summed E-state index contributed by atoms with van der Waals surface area (Å²) in [5, 5.41) is 6.30. The van der Waals surface area contributed by atoms with Crippen LogP contribution in [0.2, 0.25) is 0 Å². The van der Waals surface area contributed by atoms with Crippen molar-refractivity contribution < 1.29 is 21.6 Å². The predicted octanol–water partition coefficient (Wildman–Crippen LogP) is 1.32. The Morgan fingerprint density at radius 2 is 1.89 bits per heavy atom. The number of aryl methyl sites for hydroxylation is 1. The maximum absolute atomic E-state index is 13.0. The zero-order valence-corrected chi connectivity index (χ0v) is 17.5. The molecule has 0 amide bonds. The Hall–Kier alpha value is -1.20. The van der Waals surface area contributed by atoms with E-state index < -0.39 is 25.3 Å². The molecule has 0 spiro atoms. The van der Waals surface area contributed by atoms with E-state index >= 15 is 0 Å². The Morgan fingerprint density at radius 1 is 1.14 bits per heavy atom. The standard InChI is InChI=1S/C18H27N3O5S2/c1-12-9-14-16(10-15(12)27(22,23)17-11-19-7-8-26-17)28(24,25)21-18(20-14)13-5-3-2-4-6-13/h9-10,13,17-21H,2-8,11H2,1H3. The minimum atomic E-state index is -3.82. The monoisotopic (exact) mass is 429 g/mol. The number of anilines is 1. The fraction of sp³-hybridized carbons (Fsp3) is 0.667. The molecule has 28 heavy (non-hydrogen) atoms. The van der Waals surface area contributed by atoms with Crippen LogP contribution >= 0.6 is 0 Å². The van der Waals surface area contributed by atoms with Crippen LogP contribution in [0.15, 0.2) is 21.9 Å². The molecule has 2 aliphatic heterocycles. The van der Waals surface area contributed by atoms with E-state index in [2.05, 4.69) is 15.4 Å². The van der Waals surface area contributed by atoms with Crippen molar-refractivity contribution in [1.82, 2.24) is 10.0 Å². The fourth-order valence-corrected chi connectivity index (χ4v) is 7.46. The Morgan fingerprint density at radius 3 is 2.57 bits per heavy atom. The van der Waals surface area contributed by atoms with E-state index in [1.807, 2.05) is 0 Å². The average Bonchev–Trinajstić information content (AvgIpc) is 2.68. The zero-order chi connectivity index (χ0) is 19.9. The van der Waals surface area contributed by atoms with Gasteiger partial charge in [0.05, 0.1) is 23.4 Å². The third-order valence-corrected chi connectivity index (χ3v) is 9.36. The summed E-state index contributed by atoms with van der Waals surface area (Å²) in [6.45, 7) is 2.78. The van der Waals surface area contributed by atoms with Crippen LogP contribution in [0, 0.1) is 12.8 Å². The van der Waals surface area contributed by atoms with Gasteiger partial charge in [0.1, 0.15) is 4.90 Å². The molecule has 1 aliphatic carbocycles. The van der Waals surface area contributed by atoms with Crippen LogP contribution in [-0.2, 0) is 24.6 Å². The molecular weight excluding hydrogens is 402 g/mol. The average molecular weight is 430 g/mol. The number of nitrogens with one attached hydrogen (secondary N) is 3. The number of hydrogen-bond donors (Lipinski definition) is 3. The number of benzene rings is 1. The first-order valence-electron chi connectivity index (χ1n) is 9.79. The topological polar surface area (TPSA) is 114 Å². The maximum atomic E-state index is 13.0. The lowest BCUT2D eigenvalue weighted by Gasteiger charge is -2.36. The lowest BCUT2D eigenvalue weighted by molar-refractivity contribution is 0.0784. The van der Waals surface area contributed by atoms with Gasteiger partial charge in [-0.05, 0) is 43.4 Å². The second-order valence-corrected chi connectivity index (χ2v) is 11.5. The fourth-order valence-electron chi connectivity index (χ4n) is 4.30. The molecule has 10 heteroatoms. The molecule has 156 valence electrons. The van der Waals surface area contributed by atoms with Crippen LogP contribution in [0.3, 0.4) is 0 Å². The van der Waals surface area contributed by atoms with Crippen molar-refractivity contribution in [2.24, 2.45) is 5.92 Å². The smallest absolute Gasteiger partial charge is 0.244 e. The van der Waals surface area contributed by atoms with Crippen molar-refractivity contribution in [2.45, 2.75) is 60.4 Å². The van der Waals surface area contributed by atoms with Gasteiger partial charge in [-0.15, -0.1) is 0 Å². The lowest BCUT2D eigenvalue weighted by atomic mass is 9.87. The van der Waals surface area contributed by atoms with Crippen LogP contribution in [0.5, 0.6) is 0 Å². The van der Waals surface area contributed by atoms with E-state index in [9.17, 15) is 16.8 Å². The highest BCUT2D eigenvalue weighted by Crippen LogP contribution is 2.36. The molecule has 3 N–H and O–H groups in total. The molecule has 0 radical (unpaired) electrons. The summed E-state index contributed by atoms with van der Waals surface area (Å²) >= 11 is 0. The van der Waals surface area contributed by atoms with Crippen molar-refractivity contribution in [2.75, 3.05) is 25.0 Å². The highest BCUT2D eigenvalue weighted by molar-refractivity contribution is 7.92. The van der Waals surface area contributed by atoms with Gasteiger partial charge in [0, 0.05) is 13.1 Å². The molecule has 1 aromatic rings. The first-order chi connectivity index (χ1) is 13.3. The van der Waals surface area contributed by atoms with Crippen LogP contribution in [0.25, 0.3) is 0 Å². The second-order valence-electron chi connectivity index (χ2n) is 7.80. The Kier molecular flexibility index (Phi) is 5.43. The summed E-state index contributed by atoms with van der Waals surface area (Å²) < 4.78 is 60.0. The summed E-state index contributed by atoms with van der Waals surface area (Å²) in [6, 6.07) is 2.90. The largest absolute Gasteiger partial charge is 0.368 e. The number of hydrogen-bond acceptors (Lipinski definition) is 7. The van der Waals surface area contributed by atoms with E-state index in [-0.39, 0.29) is 28.4 Å². The normalized spacial score (nSPS) is 28.3. The first-order valence-corrected chi connectivity index (χ1v) is 12.8. The second kappa shape index (κ2) is 7.56. The summed E-state index contributed by atoms with van der Waals surface area (Å²) in [6.07, 6.45) is 4.99. The number of morpholine rings is 1. The van der Waals surface area contributed by atoms with E-state index in [1.165, 1.54) is 12.5 Å². The van der Waals surface area contributed by atoms with E-state index in [1.54, 1.807) is 13.0 Å². The van der Waals surface area contributed by atoms with Crippen molar-refractivity contribution >= 4 is 25.5 Å². The minimum Gasteiger partial charge on any atom is -0.368 e. The van der Waals surface area contributed by atoms with E-state index in [0.29, 0.717) is 24.4 Å². The zero-order valence-electron chi connectivity index (χ0n) is 15.9. The first kappa shape index (κ1) is 20.1. The molecule has 8 nitrogen and oxygen atoms in total. The molecule has 3 aliphatic rings. The van der Waals surface area contributed by atoms with Crippen LogP contribution in [-0.4, -0.2) is 48.1 Å². The van der Waals surface area contributed by atoms with Crippen molar-refractivity contribution in [1.29, 1.82) is 0 Å². The number of ether oxygens (including phenoxy) is 1. The Bertz CT molecular complexity index is 950. The highest BCUT2D eigenvalue weighted by atomic mass is 32.2. The summed E-state index contributed by atoms with van der Waals surface area (Å²) in [5.74, 6) is 0.238. The van der Waals surface area contributed by atoms with Gasteiger partial charge < -0.3 is 15.4 Å². The van der Waals surface area contributed by atoms with Gasteiger partial charge in [0.15, 0.2) is 5.44 Å². The molecule has 1 saturated carbocycles. The summed E-state index contributed by atoms with van der Waals surface area (Å²) in [7, 11) is -7.62. The molecule has 0 bridgehead atoms. The van der Waals surface area contributed by atoms with Gasteiger partial charge in [0.25, 0.3) is 0 Å². The summed E-state index contributed by atoms with van der Waals surface area (Å²) in [4.78, 5) is -0.0178. The molecule has 2 fully saturated rings. The molecule has 1 aromatic carbocycles. The number of sulfonamides is 1. The molecule has 2 atom stereocenters. The van der Waals surface area contributed by atoms with Gasteiger partial charge in [-0.1, -0.05) is 19.3 Å². The maximum Gasteiger partial charge on any atom is 0.244 e. The number of rotatable bonds is 3. The van der Waals surface area contributed by atoms with Crippen molar-refractivity contribution in [3.63, 3.8) is 0 Å². The molecule has 4 rings (SSSR count). The SMILES string of the molecule is Cc1cc2c(cc1S(=O)(=O)C1CNCCO1)S(=O)(=O)NC(C1CCCCC1)N2. The molecular formula is C18H27N3O5S2. The van der Waals surface area contributed by atoms with Crippen molar-refractivity contribution in [3.05, 3.63) is 17.7 Å². The highest BCUT2D eigenvalue weighted by Gasteiger charge is 2.37. The van der Waals surface area contributed by atoms with Gasteiger partial charge in [0.2, 0.25) is 19.9 Å². The summed E-state index contributed by atoms with van der Waals surface area (Å²) in [5.41, 5.74) is -0.0337. The molecule has 2 heterocycles. The van der Waals surface area contributed by atoms with E-state index in [4.69, 9.17) is 4.74 Å². The van der Waals surface area contributed by atoms with Gasteiger partial charge >= 0.3 is 0 Å². The Labute approximate surface area is 166 Å². The molecule has 2 unspecified atom stereocenters. The van der Waals surface area contributed by atoms with Crippen LogP contribution in [0.1, 0.15) is 37.7 Å². The quantitative estimate of drug-likeness (QED) is 0.664. The third-order valence-electron chi connectivity index (χ3n) is 5.83. The third kappa shape index (κ3) is 3.68.